The number of nitrogens with one attached hydrogen (secondary N) is 2. The summed E-state index contributed by atoms with van der Waals surface area (Å²) in [5, 5.41) is 5.99. The highest BCUT2D eigenvalue weighted by Crippen LogP contribution is 2.47. The molecule has 0 spiro atoms. The Bertz CT molecular complexity index is 1200. The second kappa shape index (κ2) is 9.39. The molecule has 3 atom stereocenters. The Morgan fingerprint density at radius 1 is 1.03 bits per heavy atom. The number of para-hydroxylation sites is 2. The highest BCUT2D eigenvalue weighted by atomic mass is 16.2. The average molecular weight is 490 g/mol. The van der Waals surface area contributed by atoms with Crippen LogP contribution in [0.2, 0.25) is 0 Å². The third-order valence-electron chi connectivity index (χ3n) is 7.54. The van der Waals surface area contributed by atoms with Crippen LogP contribution in [-0.2, 0) is 19.2 Å². The summed E-state index contributed by atoms with van der Waals surface area (Å²) in [6, 6.07) is 17.0. The van der Waals surface area contributed by atoms with E-state index in [4.69, 9.17) is 0 Å². The number of nitrogens with zero attached hydrogens (tertiary/aromatic N) is 3. The van der Waals surface area contributed by atoms with Crippen molar-refractivity contribution in [2.24, 2.45) is 5.92 Å². The van der Waals surface area contributed by atoms with Crippen LogP contribution in [0.4, 0.5) is 11.4 Å². The van der Waals surface area contributed by atoms with Crippen LogP contribution in [0.1, 0.15) is 31.9 Å². The van der Waals surface area contributed by atoms with Crippen LogP contribution in [0.3, 0.4) is 0 Å². The topological polar surface area (TPSA) is 102 Å². The normalized spacial score (nSPS) is 25.6. The van der Waals surface area contributed by atoms with Gasteiger partial charge < -0.3 is 15.5 Å². The highest BCUT2D eigenvalue weighted by molar-refractivity contribution is 6.10. The molecular weight excluding hydrogens is 458 g/mol. The van der Waals surface area contributed by atoms with E-state index < -0.39 is 5.54 Å². The summed E-state index contributed by atoms with van der Waals surface area (Å²) in [6.45, 7) is 4.61. The predicted octanol–water partition coefficient (Wildman–Crippen LogP) is 1.77. The van der Waals surface area contributed by atoms with Crippen molar-refractivity contribution in [3.63, 3.8) is 0 Å². The Labute approximate surface area is 210 Å². The molecule has 2 aromatic rings. The van der Waals surface area contributed by atoms with Gasteiger partial charge in [-0.25, -0.2) is 0 Å². The van der Waals surface area contributed by atoms with Gasteiger partial charge in [-0.2, -0.15) is 0 Å². The zero-order valence-corrected chi connectivity index (χ0v) is 20.6. The van der Waals surface area contributed by atoms with Gasteiger partial charge in [0.15, 0.2) is 0 Å². The van der Waals surface area contributed by atoms with Gasteiger partial charge in [-0.3, -0.25) is 29.0 Å². The molecule has 2 aromatic carbocycles. The molecule has 0 aliphatic carbocycles. The molecule has 2 N–H and O–H groups in total. The Morgan fingerprint density at radius 3 is 2.47 bits per heavy atom. The standard InChI is InChI=1S/C27H31N5O4/c1-18(33)29-27-16-30(15-25(36)31-14-24(35)28-22-10-6-7-11-23(22)31)13-12-21(27)26(32(17-27)19(2)34)20-8-4-3-5-9-20/h3-11,21,26H,12-17H2,1-2H3,(H,28,35)(H,29,33)/t21-,26-,27-/m1/s1. The maximum absolute atomic E-state index is 13.4. The molecule has 2 fully saturated rings. The van der Waals surface area contributed by atoms with E-state index in [0.29, 0.717) is 37.4 Å². The van der Waals surface area contributed by atoms with Crippen LogP contribution in [0.25, 0.3) is 0 Å². The van der Waals surface area contributed by atoms with Crippen LogP contribution in [0.5, 0.6) is 0 Å². The lowest BCUT2D eigenvalue weighted by Gasteiger charge is -2.45. The molecule has 0 unspecified atom stereocenters. The van der Waals surface area contributed by atoms with E-state index in [1.165, 1.54) is 11.8 Å². The van der Waals surface area contributed by atoms with Gasteiger partial charge in [0.25, 0.3) is 0 Å². The molecule has 0 bridgehead atoms. The number of hydrogen-bond donors (Lipinski definition) is 2. The summed E-state index contributed by atoms with van der Waals surface area (Å²) in [6.07, 6.45) is 0.716. The maximum Gasteiger partial charge on any atom is 0.244 e. The largest absolute Gasteiger partial charge is 0.347 e. The van der Waals surface area contributed by atoms with Crippen molar-refractivity contribution in [1.29, 1.82) is 0 Å². The minimum atomic E-state index is -0.673. The number of piperidine rings is 1. The molecule has 9 nitrogen and oxygen atoms in total. The maximum atomic E-state index is 13.4. The third-order valence-corrected chi connectivity index (χ3v) is 7.54. The number of amides is 4. The molecule has 0 saturated carbocycles. The molecular formula is C27H31N5O4. The number of likely N-dealkylation sites (tertiary alicyclic amines) is 2. The minimum absolute atomic E-state index is 0.0144. The Hall–Kier alpha value is -3.72. The zero-order chi connectivity index (χ0) is 25.4. The number of carbonyl (C=O) groups excluding carboxylic acids is 4. The van der Waals surface area contributed by atoms with E-state index in [-0.39, 0.29) is 48.7 Å². The lowest BCUT2D eigenvalue weighted by atomic mass is 9.75. The second-order valence-corrected chi connectivity index (χ2v) is 9.99. The van der Waals surface area contributed by atoms with E-state index in [0.717, 1.165) is 5.56 Å². The Morgan fingerprint density at radius 2 is 1.75 bits per heavy atom. The quantitative estimate of drug-likeness (QED) is 0.682. The van der Waals surface area contributed by atoms with Crippen molar-refractivity contribution < 1.29 is 19.2 Å². The van der Waals surface area contributed by atoms with Gasteiger partial charge in [0.05, 0.1) is 29.5 Å². The molecule has 2 saturated heterocycles. The molecule has 0 radical (unpaired) electrons. The fourth-order valence-electron chi connectivity index (χ4n) is 6.20. The van der Waals surface area contributed by atoms with Gasteiger partial charge in [-0.1, -0.05) is 42.5 Å². The van der Waals surface area contributed by atoms with Crippen molar-refractivity contribution in [2.75, 3.05) is 42.9 Å². The zero-order valence-electron chi connectivity index (χ0n) is 20.6. The molecule has 4 amide bonds. The van der Waals surface area contributed by atoms with E-state index >= 15 is 0 Å². The lowest BCUT2D eigenvalue weighted by Crippen LogP contribution is -2.64. The van der Waals surface area contributed by atoms with Gasteiger partial charge in [-0.15, -0.1) is 0 Å². The molecule has 5 rings (SSSR count). The van der Waals surface area contributed by atoms with Gasteiger partial charge in [-0.05, 0) is 30.7 Å². The Kier molecular flexibility index (Phi) is 6.26. The fraction of sp³-hybridized carbons (Fsp3) is 0.407. The van der Waals surface area contributed by atoms with Crippen molar-refractivity contribution >= 4 is 35.0 Å². The second-order valence-electron chi connectivity index (χ2n) is 9.99. The van der Waals surface area contributed by atoms with Crippen LogP contribution in [-0.4, -0.2) is 71.7 Å². The summed E-state index contributed by atoms with van der Waals surface area (Å²) in [4.78, 5) is 56.1. The SMILES string of the molecule is CC(=O)N[C@@]12CN(CC(=O)N3CC(=O)Nc4ccccc43)CC[C@@H]1[C@@H](c1ccccc1)N(C(C)=O)C2. The van der Waals surface area contributed by atoms with Crippen LogP contribution in [0, 0.1) is 5.92 Å². The first-order chi connectivity index (χ1) is 17.3. The number of hydrogen-bond acceptors (Lipinski definition) is 5. The molecule has 188 valence electrons. The summed E-state index contributed by atoms with van der Waals surface area (Å²) >= 11 is 0. The third kappa shape index (κ3) is 4.35. The predicted molar refractivity (Wildman–Crippen MR) is 135 cm³/mol. The monoisotopic (exact) mass is 489 g/mol. The number of fused-ring (bicyclic) bond motifs is 2. The molecule has 0 aromatic heterocycles. The molecule has 3 aliphatic heterocycles. The molecule has 36 heavy (non-hydrogen) atoms. The average Bonchev–Trinajstić information content (AvgIpc) is 3.17. The number of benzene rings is 2. The molecule has 3 heterocycles. The van der Waals surface area contributed by atoms with E-state index in [1.54, 1.807) is 13.0 Å². The van der Waals surface area contributed by atoms with Gasteiger partial charge in [0.2, 0.25) is 23.6 Å². The van der Waals surface area contributed by atoms with E-state index in [9.17, 15) is 19.2 Å². The highest BCUT2D eigenvalue weighted by Gasteiger charge is 2.56. The van der Waals surface area contributed by atoms with Crippen molar-refractivity contribution in [1.82, 2.24) is 15.1 Å². The first-order valence-electron chi connectivity index (χ1n) is 12.3. The lowest BCUT2D eigenvalue weighted by molar-refractivity contribution is -0.130. The van der Waals surface area contributed by atoms with E-state index in [2.05, 4.69) is 10.6 Å². The number of anilines is 2. The summed E-state index contributed by atoms with van der Waals surface area (Å²) in [7, 11) is 0. The molecule has 9 heteroatoms. The van der Waals surface area contributed by atoms with Gasteiger partial charge in [0, 0.05) is 32.9 Å². The van der Waals surface area contributed by atoms with Crippen LogP contribution >= 0.6 is 0 Å². The molecule has 3 aliphatic rings. The van der Waals surface area contributed by atoms with Crippen molar-refractivity contribution in [3.05, 3.63) is 60.2 Å². The smallest absolute Gasteiger partial charge is 0.244 e. The van der Waals surface area contributed by atoms with Crippen molar-refractivity contribution in [3.8, 4) is 0 Å². The van der Waals surface area contributed by atoms with Gasteiger partial charge in [0.1, 0.15) is 6.54 Å². The fourth-order valence-corrected chi connectivity index (χ4v) is 6.20. The first-order valence-corrected chi connectivity index (χ1v) is 12.3. The van der Waals surface area contributed by atoms with Crippen molar-refractivity contribution in [2.45, 2.75) is 31.8 Å². The summed E-state index contributed by atoms with van der Waals surface area (Å²) in [5.74, 6) is -0.585. The van der Waals surface area contributed by atoms with Crippen LogP contribution in [0.15, 0.2) is 54.6 Å². The first kappa shape index (κ1) is 24.0. The minimum Gasteiger partial charge on any atom is -0.347 e. The van der Waals surface area contributed by atoms with E-state index in [1.807, 2.05) is 58.3 Å². The number of carbonyl (C=O) groups is 4. The van der Waals surface area contributed by atoms with Crippen LogP contribution < -0.4 is 15.5 Å². The summed E-state index contributed by atoms with van der Waals surface area (Å²) < 4.78 is 0. The van der Waals surface area contributed by atoms with Gasteiger partial charge >= 0.3 is 0 Å². The Balaban J connectivity index is 1.41. The number of rotatable bonds is 4. The summed E-state index contributed by atoms with van der Waals surface area (Å²) in [5.41, 5.74) is 1.68.